The van der Waals surface area contributed by atoms with Crippen molar-refractivity contribution in [2.75, 3.05) is 6.54 Å². The van der Waals surface area contributed by atoms with Gasteiger partial charge >= 0.3 is 0 Å². The van der Waals surface area contributed by atoms with Gasteiger partial charge in [0.05, 0.1) is 17.0 Å². The monoisotopic (exact) mass is 376 g/mol. The Kier molecular flexibility index (Phi) is 4.38. The second kappa shape index (κ2) is 6.17. The summed E-state index contributed by atoms with van der Waals surface area (Å²) in [5.41, 5.74) is 2.58. The molecule has 23 heavy (non-hydrogen) atoms. The van der Waals surface area contributed by atoms with E-state index in [4.69, 9.17) is 4.98 Å². The third kappa shape index (κ3) is 3.70. The lowest BCUT2D eigenvalue weighted by Crippen LogP contribution is -2.37. The maximum Gasteiger partial charge on any atom is 0.255 e. The van der Waals surface area contributed by atoms with Gasteiger partial charge in [-0.2, -0.15) is 0 Å². The highest BCUT2D eigenvalue weighted by Crippen LogP contribution is 2.21. The Morgan fingerprint density at radius 1 is 1.30 bits per heavy atom. The second-order valence-electron chi connectivity index (χ2n) is 7.00. The summed E-state index contributed by atoms with van der Waals surface area (Å²) in [5.74, 6) is 0.767. The fourth-order valence-corrected chi connectivity index (χ4v) is 3.12. The fourth-order valence-electron chi connectivity index (χ4n) is 2.74. The minimum absolute atomic E-state index is 0.00757. The Labute approximate surface area is 144 Å². The average molecular weight is 377 g/mol. The van der Waals surface area contributed by atoms with Crippen molar-refractivity contribution in [3.8, 4) is 0 Å². The molecule has 2 aromatic rings. The summed E-state index contributed by atoms with van der Waals surface area (Å²) in [6, 6.07) is 5.90. The number of nitrogens with zero attached hydrogens (tertiary/aromatic N) is 3. The van der Waals surface area contributed by atoms with E-state index in [0.717, 1.165) is 46.9 Å². The van der Waals surface area contributed by atoms with Gasteiger partial charge in [0.25, 0.3) is 5.56 Å². The fraction of sp³-hybridized carbons (Fsp3) is 0.471. The van der Waals surface area contributed by atoms with Crippen LogP contribution < -0.4 is 5.56 Å². The molecule has 1 aliphatic heterocycles. The summed E-state index contributed by atoms with van der Waals surface area (Å²) in [4.78, 5) is 26.8. The molecule has 0 amide bonds. The number of hydrogen-bond donors (Lipinski definition) is 1. The summed E-state index contributed by atoms with van der Waals surface area (Å²) >= 11 is 3.40. The molecule has 0 saturated heterocycles. The molecule has 0 aliphatic carbocycles. The van der Waals surface area contributed by atoms with Gasteiger partial charge in [0.2, 0.25) is 0 Å². The second-order valence-corrected chi connectivity index (χ2v) is 7.81. The van der Waals surface area contributed by atoms with E-state index < -0.39 is 0 Å². The van der Waals surface area contributed by atoms with E-state index in [1.807, 2.05) is 18.2 Å². The van der Waals surface area contributed by atoms with Crippen molar-refractivity contribution in [1.29, 1.82) is 0 Å². The molecule has 0 aromatic carbocycles. The maximum atomic E-state index is 12.4. The zero-order valence-corrected chi connectivity index (χ0v) is 15.3. The van der Waals surface area contributed by atoms with Crippen LogP contribution in [0.2, 0.25) is 0 Å². The minimum Gasteiger partial charge on any atom is -0.310 e. The van der Waals surface area contributed by atoms with Crippen molar-refractivity contribution < 1.29 is 0 Å². The van der Waals surface area contributed by atoms with Gasteiger partial charge < -0.3 is 4.98 Å². The zero-order valence-electron chi connectivity index (χ0n) is 13.7. The van der Waals surface area contributed by atoms with E-state index in [0.29, 0.717) is 6.54 Å². The Balaban J connectivity index is 1.83. The molecule has 0 unspecified atom stereocenters. The lowest BCUT2D eigenvalue weighted by molar-refractivity contribution is 0.238. The van der Waals surface area contributed by atoms with Gasteiger partial charge in [-0.05, 0) is 28.1 Å². The van der Waals surface area contributed by atoms with Gasteiger partial charge in [0, 0.05) is 31.5 Å². The maximum absolute atomic E-state index is 12.4. The summed E-state index contributed by atoms with van der Waals surface area (Å²) in [6.07, 6.45) is 0.802. The molecule has 0 bridgehead atoms. The highest BCUT2D eigenvalue weighted by atomic mass is 79.9. The van der Waals surface area contributed by atoms with E-state index in [2.05, 4.69) is 51.6 Å². The molecule has 1 N–H and O–H groups in total. The molecule has 6 heteroatoms. The molecule has 2 aromatic heterocycles. The van der Waals surface area contributed by atoms with Crippen LogP contribution in [0.25, 0.3) is 0 Å². The Hall–Kier alpha value is -1.53. The standard InChI is InChI=1S/C17H21BrN4O/c1-17(2,3)16-20-13-7-8-22(10-12(13)15(23)21-16)9-11-5-4-6-14(18)19-11/h4-6H,7-10H2,1-3H3,(H,20,21,23). The largest absolute Gasteiger partial charge is 0.310 e. The molecule has 0 fully saturated rings. The predicted octanol–water partition coefficient (Wildman–Crippen LogP) is 2.78. The number of pyridine rings is 1. The van der Waals surface area contributed by atoms with Gasteiger partial charge in [-0.3, -0.25) is 9.69 Å². The first kappa shape index (κ1) is 16.3. The molecular formula is C17H21BrN4O. The van der Waals surface area contributed by atoms with Crippen molar-refractivity contribution in [1.82, 2.24) is 19.9 Å². The molecule has 0 saturated carbocycles. The van der Waals surface area contributed by atoms with Crippen LogP contribution in [0.1, 0.15) is 43.5 Å². The van der Waals surface area contributed by atoms with E-state index in [1.165, 1.54) is 0 Å². The summed E-state index contributed by atoms with van der Waals surface area (Å²) in [6.45, 7) is 8.43. The van der Waals surface area contributed by atoms with Gasteiger partial charge in [-0.15, -0.1) is 0 Å². The molecule has 0 spiro atoms. The normalized spacial score (nSPS) is 15.5. The number of aromatic nitrogens is 3. The number of halogens is 1. The predicted molar refractivity (Wildman–Crippen MR) is 93.3 cm³/mol. The first-order valence-corrected chi connectivity index (χ1v) is 8.58. The van der Waals surface area contributed by atoms with Gasteiger partial charge in [0.1, 0.15) is 10.4 Å². The van der Waals surface area contributed by atoms with Crippen LogP contribution in [0.3, 0.4) is 0 Å². The van der Waals surface area contributed by atoms with Crippen LogP contribution in [0.4, 0.5) is 0 Å². The van der Waals surface area contributed by atoms with Crippen molar-refractivity contribution in [2.24, 2.45) is 0 Å². The number of fused-ring (bicyclic) bond motifs is 1. The Morgan fingerprint density at radius 2 is 2.09 bits per heavy atom. The number of hydrogen-bond acceptors (Lipinski definition) is 4. The number of rotatable bonds is 2. The third-order valence-electron chi connectivity index (χ3n) is 4.02. The molecular weight excluding hydrogens is 356 g/mol. The lowest BCUT2D eigenvalue weighted by atomic mass is 9.95. The van der Waals surface area contributed by atoms with Crippen molar-refractivity contribution in [3.63, 3.8) is 0 Å². The molecule has 122 valence electrons. The number of nitrogens with one attached hydrogen (secondary N) is 1. The van der Waals surface area contributed by atoms with E-state index in [9.17, 15) is 4.79 Å². The molecule has 5 nitrogen and oxygen atoms in total. The highest BCUT2D eigenvalue weighted by Gasteiger charge is 2.24. The average Bonchev–Trinajstić information content (AvgIpc) is 2.47. The first-order chi connectivity index (χ1) is 10.8. The zero-order chi connectivity index (χ0) is 16.6. The minimum atomic E-state index is -0.147. The van der Waals surface area contributed by atoms with Crippen LogP contribution in [0, 0.1) is 0 Å². The molecule has 0 radical (unpaired) electrons. The lowest BCUT2D eigenvalue weighted by Gasteiger charge is -2.28. The van der Waals surface area contributed by atoms with Gasteiger partial charge in [0.15, 0.2) is 0 Å². The van der Waals surface area contributed by atoms with Crippen LogP contribution in [-0.2, 0) is 24.9 Å². The van der Waals surface area contributed by atoms with E-state index in [-0.39, 0.29) is 11.0 Å². The van der Waals surface area contributed by atoms with E-state index in [1.54, 1.807) is 0 Å². The third-order valence-corrected chi connectivity index (χ3v) is 4.46. The Morgan fingerprint density at radius 3 is 2.78 bits per heavy atom. The smallest absolute Gasteiger partial charge is 0.255 e. The SMILES string of the molecule is CC(C)(C)c1nc2c(c(=O)[nH]1)CN(Cc1cccc(Br)n1)CC2. The van der Waals surface area contributed by atoms with Crippen molar-refractivity contribution >= 4 is 15.9 Å². The van der Waals surface area contributed by atoms with Crippen molar-refractivity contribution in [3.05, 3.63) is 55.9 Å². The quantitative estimate of drug-likeness (QED) is 0.818. The van der Waals surface area contributed by atoms with Crippen LogP contribution >= 0.6 is 15.9 Å². The topological polar surface area (TPSA) is 61.9 Å². The van der Waals surface area contributed by atoms with E-state index >= 15 is 0 Å². The molecule has 1 aliphatic rings. The first-order valence-electron chi connectivity index (χ1n) is 7.79. The van der Waals surface area contributed by atoms with Gasteiger partial charge in [-0.1, -0.05) is 26.8 Å². The Bertz CT molecular complexity index is 779. The van der Waals surface area contributed by atoms with Crippen LogP contribution in [0.15, 0.2) is 27.6 Å². The van der Waals surface area contributed by atoms with Gasteiger partial charge in [-0.25, -0.2) is 9.97 Å². The summed E-state index contributed by atoms with van der Waals surface area (Å²) in [5, 5.41) is 0. The summed E-state index contributed by atoms with van der Waals surface area (Å²) in [7, 11) is 0. The number of aromatic amines is 1. The molecule has 3 rings (SSSR count). The van der Waals surface area contributed by atoms with Crippen LogP contribution in [-0.4, -0.2) is 26.4 Å². The molecule has 0 atom stereocenters. The van der Waals surface area contributed by atoms with Crippen LogP contribution in [0.5, 0.6) is 0 Å². The van der Waals surface area contributed by atoms with Crippen molar-refractivity contribution in [2.45, 2.75) is 45.7 Å². The summed E-state index contributed by atoms with van der Waals surface area (Å²) < 4.78 is 0.835. The number of H-pyrrole nitrogens is 1. The highest BCUT2D eigenvalue weighted by molar-refractivity contribution is 9.10. The molecule has 3 heterocycles.